The van der Waals surface area contributed by atoms with Crippen LogP contribution in [0.2, 0.25) is 5.04 Å². The molecule has 2 atom stereocenters. The third-order valence-electron chi connectivity index (χ3n) is 10.4. The van der Waals surface area contributed by atoms with E-state index in [0.717, 1.165) is 43.2 Å². The normalized spacial score (nSPS) is 18.7. The van der Waals surface area contributed by atoms with Crippen LogP contribution in [0.4, 0.5) is 4.79 Å². The molecule has 3 aromatic carbocycles. The van der Waals surface area contributed by atoms with E-state index in [1.807, 2.05) is 37.8 Å². The third-order valence-corrected chi connectivity index (χ3v) is 15.4. The van der Waals surface area contributed by atoms with Crippen LogP contribution in [0, 0.1) is 17.8 Å². The maximum Gasteiger partial charge on any atom is 0.410 e. The number of carbonyl (C=O) groups is 1. The van der Waals surface area contributed by atoms with Crippen LogP contribution in [-0.4, -0.2) is 61.5 Å². The van der Waals surface area contributed by atoms with Crippen molar-refractivity contribution in [3.05, 3.63) is 84.1 Å². The number of nitrogens with zero attached hydrogens (tertiary/aromatic N) is 2. The Morgan fingerprint density at radius 3 is 2.10 bits per heavy atom. The van der Waals surface area contributed by atoms with Crippen LogP contribution in [0.25, 0.3) is 11.0 Å². The first-order valence-corrected chi connectivity index (χ1v) is 20.2. The lowest BCUT2D eigenvalue weighted by molar-refractivity contribution is 0.0181. The number of likely N-dealkylation sites (tertiary alicyclic amines) is 1. The Labute approximate surface area is 298 Å². The SMILES string of the molecule is CC(C)(C)OC(=O)N1CCC(CCc2noc3c(CO)c(OC[C@@H]4C[C@@H]4CO[Si](c4ccccc4)(c4ccccc4)C(C)(C)C)ccc23)CC1. The highest BCUT2D eigenvalue weighted by atomic mass is 28.4. The van der Waals surface area contributed by atoms with Gasteiger partial charge in [-0.05, 0) is 98.2 Å². The van der Waals surface area contributed by atoms with Crippen molar-refractivity contribution in [2.75, 3.05) is 26.3 Å². The fraction of sp³-hybridized carbons (Fsp3) is 0.512. The maximum absolute atomic E-state index is 12.4. The number of piperidine rings is 1. The smallest absolute Gasteiger partial charge is 0.410 e. The molecule has 1 amide bonds. The molecular weight excluding hydrogens is 645 g/mol. The monoisotopic (exact) mass is 698 g/mol. The first-order valence-electron chi connectivity index (χ1n) is 18.3. The second-order valence-electron chi connectivity index (χ2n) is 16.2. The fourth-order valence-electron chi connectivity index (χ4n) is 7.54. The molecule has 1 saturated heterocycles. The number of ether oxygens (including phenoxy) is 2. The summed E-state index contributed by atoms with van der Waals surface area (Å²) in [5, 5.41) is 18.2. The number of rotatable bonds is 12. The molecule has 2 fully saturated rings. The highest BCUT2D eigenvalue weighted by Gasteiger charge is 2.51. The molecule has 1 aromatic heterocycles. The highest BCUT2D eigenvalue weighted by molar-refractivity contribution is 6.99. The number of hydrogen-bond acceptors (Lipinski definition) is 7. The van der Waals surface area contributed by atoms with Crippen molar-refractivity contribution in [2.24, 2.45) is 17.8 Å². The average Bonchev–Trinajstić information content (AvgIpc) is 3.72. The summed E-state index contributed by atoms with van der Waals surface area (Å²) in [5.74, 6) is 1.97. The zero-order valence-electron chi connectivity index (χ0n) is 30.6. The molecule has 1 aliphatic carbocycles. The van der Waals surface area contributed by atoms with Gasteiger partial charge in [-0.15, -0.1) is 0 Å². The van der Waals surface area contributed by atoms with Gasteiger partial charge in [0.1, 0.15) is 11.4 Å². The summed E-state index contributed by atoms with van der Waals surface area (Å²) in [7, 11) is -2.58. The van der Waals surface area contributed by atoms with Gasteiger partial charge in [-0.3, -0.25) is 0 Å². The van der Waals surface area contributed by atoms with Crippen molar-refractivity contribution >= 4 is 35.8 Å². The van der Waals surface area contributed by atoms with Crippen molar-refractivity contribution in [3.63, 3.8) is 0 Å². The maximum atomic E-state index is 12.4. The minimum Gasteiger partial charge on any atom is -0.493 e. The summed E-state index contributed by atoms with van der Waals surface area (Å²) in [4.78, 5) is 14.3. The largest absolute Gasteiger partial charge is 0.493 e. The predicted octanol–water partition coefficient (Wildman–Crippen LogP) is 7.49. The van der Waals surface area contributed by atoms with Gasteiger partial charge in [-0.1, -0.05) is 86.6 Å². The first kappa shape index (κ1) is 36.1. The average molecular weight is 699 g/mol. The molecule has 0 bridgehead atoms. The number of aliphatic hydroxyl groups is 1. The molecule has 8 nitrogen and oxygen atoms in total. The van der Waals surface area contributed by atoms with Crippen LogP contribution < -0.4 is 15.1 Å². The van der Waals surface area contributed by atoms with Gasteiger partial charge in [0, 0.05) is 25.1 Å². The lowest BCUT2D eigenvalue weighted by Gasteiger charge is -2.43. The molecule has 2 heterocycles. The Hall–Kier alpha value is -3.66. The van der Waals surface area contributed by atoms with Crippen molar-refractivity contribution in [1.82, 2.24) is 10.1 Å². The van der Waals surface area contributed by atoms with Gasteiger partial charge < -0.3 is 28.4 Å². The van der Waals surface area contributed by atoms with Crippen LogP contribution >= 0.6 is 0 Å². The van der Waals surface area contributed by atoms with Crippen LogP contribution in [0.5, 0.6) is 5.75 Å². The summed E-state index contributed by atoms with van der Waals surface area (Å²) in [6, 6.07) is 25.5. The minimum absolute atomic E-state index is 0.0582. The van der Waals surface area contributed by atoms with Gasteiger partial charge in [-0.25, -0.2) is 4.79 Å². The number of aryl methyl sites for hydroxylation is 1. The number of carbonyl (C=O) groups excluding carboxylic acids is 1. The van der Waals surface area contributed by atoms with Gasteiger partial charge in [0.05, 0.1) is 24.5 Å². The van der Waals surface area contributed by atoms with Crippen molar-refractivity contribution in [3.8, 4) is 5.75 Å². The topological polar surface area (TPSA) is 94.3 Å². The molecule has 0 radical (unpaired) electrons. The molecule has 6 rings (SSSR count). The number of amides is 1. The molecule has 1 saturated carbocycles. The van der Waals surface area contributed by atoms with Crippen LogP contribution in [0.15, 0.2) is 77.3 Å². The molecule has 268 valence electrons. The number of fused-ring (bicyclic) bond motifs is 1. The lowest BCUT2D eigenvalue weighted by atomic mass is 9.91. The summed E-state index contributed by atoms with van der Waals surface area (Å²) in [6.45, 7) is 15.1. The zero-order valence-corrected chi connectivity index (χ0v) is 31.6. The molecule has 4 aromatic rings. The van der Waals surface area contributed by atoms with Gasteiger partial charge in [0.15, 0.2) is 5.58 Å². The highest BCUT2D eigenvalue weighted by Crippen LogP contribution is 2.43. The van der Waals surface area contributed by atoms with E-state index in [1.165, 1.54) is 10.4 Å². The van der Waals surface area contributed by atoms with E-state index >= 15 is 0 Å². The summed E-state index contributed by atoms with van der Waals surface area (Å²) < 4.78 is 24.9. The van der Waals surface area contributed by atoms with Gasteiger partial charge in [0.25, 0.3) is 8.32 Å². The molecule has 1 N–H and O–H groups in total. The summed E-state index contributed by atoms with van der Waals surface area (Å²) in [5.41, 5.74) is 1.66. The number of aliphatic hydroxyl groups excluding tert-OH is 1. The number of benzene rings is 3. The van der Waals surface area contributed by atoms with E-state index in [1.54, 1.807) is 0 Å². The van der Waals surface area contributed by atoms with E-state index in [0.29, 0.717) is 61.0 Å². The fourth-order valence-corrected chi connectivity index (χ4v) is 12.2. The van der Waals surface area contributed by atoms with Crippen LogP contribution in [-0.2, 0) is 22.2 Å². The standard InChI is InChI=1S/C41H54N2O6Si/c1-40(2,3)48-39(45)43-23-21-29(22-24-43)17-19-36-34-18-20-37(35(26-44)38(34)49-42-36)46-27-30-25-31(30)28-47-50(41(4,5)6,32-13-9-7-10-14-32)33-15-11-8-12-16-33/h7-16,18,20,29-31,44H,17,19,21-28H2,1-6H3/t30-,31+/m0/s1. The quantitative estimate of drug-likeness (QED) is 0.153. The van der Waals surface area contributed by atoms with Gasteiger partial charge in [0.2, 0.25) is 0 Å². The Morgan fingerprint density at radius 2 is 1.52 bits per heavy atom. The molecule has 0 unspecified atom stereocenters. The lowest BCUT2D eigenvalue weighted by Crippen LogP contribution is -2.66. The van der Waals surface area contributed by atoms with Gasteiger partial charge in [-0.2, -0.15) is 0 Å². The molecule has 9 heteroatoms. The second-order valence-corrected chi connectivity index (χ2v) is 20.5. The molecule has 2 aliphatic rings. The van der Waals surface area contributed by atoms with E-state index in [4.69, 9.17) is 18.4 Å². The van der Waals surface area contributed by atoms with E-state index in [9.17, 15) is 9.90 Å². The third kappa shape index (κ3) is 7.95. The van der Waals surface area contributed by atoms with Crippen molar-refractivity contribution < 1.29 is 28.3 Å². The molecular formula is C41H54N2O6Si. The Morgan fingerprint density at radius 1 is 0.900 bits per heavy atom. The van der Waals surface area contributed by atoms with E-state index in [2.05, 4.69) is 86.6 Å². The second kappa shape index (κ2) is 14.9. The van der Waals surface area contributed by atoms with Crippen molar-refractivity contribution in [2.45, 2.75) is 90.9 Å². The summed E-state index contributed by atoms with van der Waals surface area (Å²) in [6.07, 6.45) is 4.46. The van der Waals surface area contributed by atoms with E-state index in [-0.39, 0.29) is 17.7 Å². The number of aromatic nitrogens is 1. The van der Waals surface area contributed by atoms with Gasteiger partial charge >= 0.3 is 6.09 Å². The number of hydrogen-bond donors (Lipinski definition) is 1. The van der Waals surface area contributed by atoms with Crippen LogP contribution in [0.1, 0.15) is 78.5 Å². The predicted molar refractivity (Wildman–Crippen MR) is 199 cm³/mol. The Bertz CT molecular complexity index is 1680. The summed E-state index contributed by atoms with van der Waals surface area (Å²) >= 11 is 0. The molecule has 50 heavy (non-hydrogen) atoms. The van der Waals surface area contributed by atoms with Crippen molar-refractivity contribution in [1.29, 1.82) is 0 Å². The molecule has 1 aliphatic heterocycles. The Kier molecular flexibility index (Phi) is 10.8. The minimum atomic E-state index is -2.58. The molecule has 0 spiro atoms. The van der Waals surface area contributed by atoms with E-state index < -0.39 is 13.9 Å². The zero-order chi connectivity index (χ0) is 35.5. The Balaban J connectivity index is 1.05. The first-order chi connectivity index (χ1) is 23.9. The van der Waals surface area contributed by atoms with Crippen LogP contribution in [0.3, 0.4) is 0 Å².